The van der Waals surface area contributed by atoms with E-state index in [1.807, 2.05) is 24.3 Å². The normalized spacial score (nSPS) is 10.7. The van der Waals surface area contributed by atoms with E-state index in [1.165, 1.54) is 5.56 Å². The van der Waals surface area contributed by atoms with Crippen LogP contribution in [0.1, 0.15) is 25.8 Å². The van der Waals surface area contributed by atoms with Crippen molar-refractivity contribution in [3.8, 4) is 5.75 Å². The molecule has 0 unspecified atom stereocenters. The molecule has 0 saturated heterocycles. The molecular formula is C13H20O2. The zero-order valence-corrected chi connectivity index (χ0v) is 9.82. The fourth-order valence-electron chi connectivity index (χ4n) is 1.23. The van der Waals surface area contributed by atoms with Gasteiger partial charge < -0.3 is 9.47 Å². The van der Waals surface area contributed by atoms with E-state index in [0.717, 1.165) is 18.8 Å². The highest BCUT2D eigenvalue weighted by atomic mass is 16.5. The van der Waals surface area contributed by atoms with Crippen molar-refractivity contribution in [1.29, 1.82) is 0 Å². The van der Waals surface area contributed by atoms with Gasteiger partial charge >= 0.3 is 0 Å². The van der Waals surface area contributed by atoms with E-state index in [-0.39, 0.29) is 0 Å². The highest BCUT2D eigenvalue weighted by Gasteiger charge is 1.96. The fraction of sp³-hybridized carbons (Fsp3) is 0.538. The fourth-order valence-corrected chi connectivity index (χ4v) is 1.23. The van der Waals surface area contributed by atoms with Gasteiger partial charge in [-0.2, -0.15) is 0 Å². The maximum absolute atomic E-state index is 5.56. The van der Waals surface area contributed by atoms with Crippen molar-refractivity contribution in [2.24, 2.45) is 5.92 Å². The summed E-state index contributed by atoms with van der Waals surface area (Å²) in [5.41, 5.74) is 1.19. The molecule has 1 aromatic rings. The van der Waals surface area contributed by atoms with Crippen LogP contribution in [-0.2, 0) is 11.3 Å². The molecule has 1 aromatic carbocycles. The van der Waals surface area contributed by atoms with Crippen molar-refractivity contribution in [2.75, 3.05) is 13.7 Å². The SMILES string of the molecule is COc1ccc(COCCC(C)C)cc1. The van der Waals surface area contributed by atoms with E-state index in [9.17, 15) is 0 Å². The monoisotopic (exact) mass is 208 g/mol. The van der Waals surface area contributed by atoms with Gasteiger partial charge in [-0.15, -0.1) is 0 Å². The Balaban J connectivity index is 2.25. The van der Waals surface area contributed by atoms with Gasteiger partial charge in [-0.05, 0) is 30.0 Å². The van der Waals surface area contributed by atoms with Crippen LogP contribution in [0.25, 0.3) is 0 Å². The van der Waals surface area contributed by atoms with Gasteiger partial charge in [0.15, 0.2) is 0 Å². The van der Waals surface area contributed by atoms with Crippen LogP contribution in [-0.4, -0.2) is 13.7 Å². The first-order valence-electron chi connectivity index (χ1n) is 5.43. The highest BCUT2D eigenvalue weighted by Crippen LogP contribution is 2.12. The van der Waals surface area contributed by atoms with Gasteiger partial charge in [-0.3, -0.25) is 0 Å². The Kier molecular flexibility index (Phi) is 5.19. The topological polar surface area (TPSA) is 18.5 Å². The summed E-state index contributed by atoms with van der Waals surface area (Å²) in [6.07, 6.45) is 1.12. The van der Waals surface area contributed by atoms with Crippen LogP contribution in [0.4, 0.5) is 0 Å². The van der Waals surface area contributed by atoms with Gasteiger partial charge in [0.05, 0.1) is 13.7 Å². The summed E-state index contributed by atoms with van der Waals surface area (Å²) < 4.78 is 10.6. The summed E-state index contributed by atoms with van der Waals surface area (Å²) in [5, 5.41) is 0. The van der Waals surface area contributed by atoms with Crippen LogP contribution in [0.3, 0.4) is 0 Å². The Hall–Kier alpha value is -1.02. The molecule has 0 spiro atoms. The number of ether oxygens (including phenoxy) is 2. The second-order valence-corrected chi connectivity index (χ2v) is 4.08. The van der Waals surface area contributed by atoms with Crippen molar-refractivity contribution in [2.45, 2.75) is 26.9 Å². The highest BCUT2D eigenvalue weighted by molar-refractivity contribution is 5.26. The molecule has 0 aliphatic carbocycles. The molecule has 0 N–H and O–H groups in total. The maximum Gasteiger partial charge on any atom is 0.118 e. The van der Waals surface area contributed by atoms with Crippen molar-refractivity contribution in [3.63, 3.8) is 0 Å². The summed E-state index contributed by atoms with van der Waals surface area (Å²) >= 11 is 0. The van der Waals surface area contributed by atoms with E-state index in [2.05, 4.69) is 13.8 Å². The molecule has 0 atom stereocenters. The standard InChI is InChI=1S/C13H20O2/c1-11(2)8-9-15-10-12-4-6-13(14-3)7-5-12/h4-7,11H,8-10H2,1-3H3. The summed E-state index contributed by atoms with van der Waals surface area (Å²) in [7, 11) is 1.67. The second-order valence-electron chi connectivity index (χ2n) is 4.08. The number of methoxy groups -OCH3 is 1. The van der Waals surface area contributed by atoms with Crippen LogP contribution in [0.15, 0.2) is 24.3 Å². The first kappa shape index (κ1) is 12.1. The lowest BCUT2D eigenvalue weighted by molar-refractivity contribution is 0.110. The van der Waals surface area contributed by atoms with Crippen molar-refractivity contribution >= 4 is 0 Å². The number of rotatable bonds is 6. The number of hydrogen-bond acceptors (Lipinski definition) is 2. The summed E-state index contributed by atoms with van der Waals surface area (Å²) in [4.78, 5) is 0. The lowest BCUT2D eigenvalue weighted by Crippen LogP contribution is -1.99. The van der Waals surface area contributed by atoms with Crippen LogP contribution >= 0.6 is 0 Å². The Morgan fingerprint density at radius 2 is 1.80 bits per heavy atom. The van der Waals surface area contributed by atoms with Crippen molar-refractivity contribution in [3.05, 3.63) is 29.8 Å². The van der Waals surface area contributed by atoms with E-state index < -0.39 is 0 Å². The van der Waals surface area contributed by atoms with Crippen LogP contribution in [0.2, 0.25) is 0 Å². The Labute approximate surface area is 92.2 Å². The molecule has 0 saturated carbocycles. The molecule has 2 nitrogen and oxygen atoms in total. The Morgan fingerprint density at radius 1 is 1.13 bits per heavy atom. The Bertz CT molecular complexity index is 264. The molecule has 1 rings (SSSR count). The summed E-state index contributed by atoms with van der Waals surface area (Å²) in [6, 6.07) is 7.99. The second kappa shape index (κ2) is 6.46. The molecule has 84 valence electrons. The average Bonchev–Trinajstić information content (AvgIpc) is 2.25. The van der Waals surface area contributed by atoms with Crippen LogP contribution in [0, 0.1) is 5.92 Å². The van der Waals surface area contributed by atoms with Crippen molar-refractivity contribution < 1.29 is 9.47 Å². The number of hydrogen-bond donors (Lipinski definition) is 0. The zero-order chi connectivity index (χ0) is 11.1. The molecule has 0 aliphatic heterocycles. The zero-order valence-electron chi connectivity index (χ0n) is 9.82. The van der Waals surface area contributed by atoms with Gasteiger partial charge in [-0.1, -0.05) is 26.0 Å². The largest absolute Gasteiger partial charge is 0.497 e. The summed E-state index contributed by atoms with van der Waals surface area (Å²) in [5.74, 6) is 1.60. The smallest absolute Gasteiger partial charge is 0.118 e. The molecule has 0 amide bonds. The minimum atomic E-state index is 0.691. The third-order valence-electron chi connectivity index (χ3n) is 2.27. The van der Waals surface area contributed by atoms with E-state index in [4.69, 9.17) is 9.47 Å². The number of benzene rings is 1. The minimum Gasteiger partial charge on any atom is -0.497 e. The molecule has 0 fully saturated rings. The van der Waals surface area contributed by atoms with Gasteiger partial charge in [0.2, 0.25) is 0 Å². The quantitative estimate of drug-likeness (QED) is 0.668. The van der Waals surface area contributed by atoms with Crippen LogP contribution in [0.5, 0.6) is 5.75 Å². The third-order valence-corrected chi connectivity index (χ3v) is 2.27. The lowest BCUT2D eigenvalue weighted by Gasteiger charge is -2.07. The molecular weight excluding hydrogens is 188 g/mol. The predicted octanol–water partition coefficient (Wildman–Crippen LogP) is 3.26. The average molecular weight is 208 g/mol. The minimum absolute atomic E-state index is 0.691. The first-order chi connectivity index (χ1) is 7.22. The molecule has 15 heavy (non-hydrogen) atoms. The van der Waals surface area contributed by atoms with Crippen molar-refractivity contribution in [1.82, 2.24) is 0 Å². The summed E-state index contributed by atoms with van der Waals surface area (Å²) in [6.45, 7) is 5.94. The first-order valence-corrected chi connectivity index (χ1v) is 5.43. The third kappa shape index (κ3) is 4.84. The molecule has 0 radical (unpaired) electrons. The molecule has 2 heteroatoms. The van der Waals surface area contributed by atoms with Gasteiger partial charge in [0, 0.05) is 6.61 Å². The van der Waals surface area contributed by atoms with Gasteiger partial charge in [-0.25, -0.2) is 0 Å². The molecule has 0 aliphatic rings. The molecule has 0 heterocycles. The van der Waals surface area contributed by atoms with E-state index >= 15 is 0 Å². The Morgan fingerprint density at radius 3 is 2.33 bits per heavy atom. The maximum atomic E-state index is 5.56. The van der Waals surface area contributed by atoms with E-state index in [0.29, 0.717) is 12.5 Å². The van der Waals surface area contributed by atoms with Gasteiger partial charge in [0.25, 0.3) is 0 Å². The van der Waals surface area contributed by atoms with Crippen LogP contribution < -0.4 is 4.74 Å². The van der Waals surface area contributed by atoms with E-state index in [1.54, 1.807) is 7.11 Å². The molecule has 0 bridgehead atoms. The predicted molar refractivity (Wildman–Crippen MR) is 62.1 cm³/mol. The van der Waals surface area contributed by atoms with Gasteiger partial charge in [0.1, 0.15) is 5.75 Å². The lowest BCUT2D eigenvalue weighted by atomic mass is 10.1. The molecule has 0 aromatic heterocycles.